The van der Waals surface area contributed by atoms with Crippen molar-refractivity contribution < 1.29 is 0 Å². The highest BCUT2D eigenvalue weighted by Crippen LogP contribution is 2.40. The average Bonchev–Trinajstić information content (AvgIpc) is 2.57. The van der Waals surface area contributed by atoms with Gasteiger partial charge in [-0.25, -0.2) is 0 Å². The summed E-state index contributed by atoms with van der Waals surface area (Å²) in [4.78, 5) is 2.60. The Morgan fingerprint density at radius 3 is 2.79 bits per heavy atom. The van der Waals surface area contributed by atoms with E-state index in [4.69, 9.17) is 0 Å². The number of nitrogens with zero attached hydrogens (tertiary/aromatic N) is 1. The first-order chi connectivity index (χ1) is 6.51. The standard InChI is InChI=1S/C12H22N2/c1-9(2)7-14-8-10-5-13-6-11(10)12(14,3)4/h10-11,13H,1,5-8H2,2-4H3. The smallest absolute Gasteiger partial charge is 0.0200 e. The Labute approximate surface area is 87.4 Å². The maximum absolute atomic E-state index is 4.02. The van der Waals surface area contributed by atoms with Crippen LogP contribution in [0.15, 0.2) is 12.2 Å². The fraction of sp³-hybridized carbons (Fsp3) is 0.833. The number of rotatable bonds is 2. The van der Waals surface area contributed by atoms with Gasteiger partial charge in [-0.1, -0.05) is 12.2 Å². The first-order valence-electron chi connectivity index (χ1n) is 5.62. The first-order valence-corrected chi connectivity index (χ1v) is 5.62. The third-order valence-corrected chi connectivity index (χ3v) is 3.98. The number of hydrogen-bond donors (Lipinski definition) is 1. The molecule has 2 atom stereocenters. The van der Waals surface area contributed by atoms with Crippen LogP contribution >= 0.6 is 0 Å². The van der Waals surface area contributed by atoms with Crippen LogP contribution in [0.4, 0.5) is 0 Å². The molecule has 1 N–H and O–H groups in total. The number of fused-ring (bicyclic) bond motifs is 1. The highest BCUT2D eigenvalue weighted by Gasteiger charge is 2.48. The maximum Gasteiger partial charge on any atom is 0.0200 e. The predicted octanol–water partition coefficient (Wildman–Crippen LogP) is 1.49. The monoisotopic (exact) mass is 194 g/mol. The Morgan fingerprint density at radius 1 is 1.50 bits per heavy atom. The highest BCUT2D eigenvalue weighted by atomic mass is 15.2. The highest BCUT2D eigenvalue weighted by molar-refractivity contribution is 5.07. The van der Waals surface area contributed by atoms with Gasteiger partial charge in [0.2, 0.25) is 0 Å². The van der Waals surface area contributed by atoms with Crippen LogP contribution in [0, 0.1) is 11.8 Å². The van der Waals surface area contributed by atoms with E-state index < -0.39 is 0 Å². The molecule has 2 nitrogen and oxygen atoms in total. The molecule has 2 heteroatoms. The van der Waals surface area contributed by atoms with E-state index >= 15 is 0 Å². The summed E-state index contributed by atoms with van der Waals surface area (Å²) in [7, 11) is 0. The molecule has 2 rings (SSSR count). The lowest BCUT2D eigenvalue weighted by Gasteiger charge is -2.35. The molecule has 0 bridgehead atoms. The molecular weight excluding hydrogens is 172 g/mol. The van der Waals surface area contributed by atoms with Gasteiger partial charge >= 0.3 is 0 Å². The molecule has 2 fully saturated rings. The number of hydrogen-bond acceptors (Lipinski definition) is 2. The molecule has 0 aromatic heterocycles. The summed E-state index contributed by atoms with van der Waals surface area (Å²) in [6, 6.07) is 0. The molecule has 0 aromatic rings. The van der Waals surface area contributed by atoms with E-state index in [-0.39, 0.29) is 0 Å². The van der Waals surface area contributed by atoms with Crippen LogP contribution in [0.3, 0.4) is 0 Å². The van der Waals surface area contributed by atoms with Crippen molar-refractivity contribution in [2.24, 2.45) is 11.8 Å². The second kappa shape index (κ2) is 3.35. The maximum atomic E-state index is 4.02. The molecule has 2 aliphatic rings. The summed E-state index contributed by atoms with van der Waals surface area (Å²) < 4.78 is 0. The minimum Gasteiger partial charge on any atom is -0.316 e. The molecule has 14 heavy (non-hydrogen) atoms. The number of likely N-dealkylation sites (tertiary alicyclic amines) is 1. The summed E-state index contributed by atoms with van der Waals surface area (Å²) >= 11 is 0. The van der Waals surface area contributed by atoms with Crippen LogP contribution in [0.2, 0.25) is 0 Å². The molecule has 2 unspecified atom stereocenters. The van der Waals surface area contributed by atoms with E-state index in [1.165, 1.54) is 25.2 Å². The molecule has 0 amide bonds. The molecule has 2 heterocycles. The molecule has 2 saturated heterocycles. The lowest BCUT2D eigenvalue weighted by atomic mass is 9.85. The molecule has 0 radical (unpaired) electrons. The van der Waals surface area contributed by atoms with E-state index in [9.17, 15) is 0 Å². The van der Waals surface area contributed by atoms with Crippen LogP contribution in [0.5, 0.6) is 0 Å². The van der Waals surface area contributed by atoms with Crippen LogP contribution in [-0.2, 0) is 0 Å². The molecule has 0 aromatic carbocycles. The van der Waals surface area contributed by atoms with Gasteiger partial charge in [-0.05, 0) is 39.2 Å². The molecule has 2 aliphatic heterocycles. The summed E-state index contributed by atoms with van der Waals surface area (Å²) in [5.74, 6) is 1.70. The van der Waals surface area contributed by atoms with Crippen molar-refractivity contribution in [1.82, 2.24) is 10.2 Å². The Kier molecular flexibility index (Phi) is 2.44. The Bertz CT molecular complexity index is 245. The van der Waals surface area contributed by atoms with Crippen LogP contribution in [0.1, 0.15) is 20.8 Å². The third-order valence-electron chi connectivity index (χ3n) is 3.98. The van der Waals surface area contributed by atoms with Gasteiger partial charge in [0, 0.05) is 25.2 Å². The minimum atomic E-state index is 0.354. The quantitative estimate of drug-likeness (QED) is 0.670. The van der Waals surface area contributed by atoms with Gasteiger partial charge in [0.05, 0.1) is 0 Å². The second-order valence-electron chi connectivity index (χ2n) is 5.52. The van der Waals surface area contributed by atoms with Crippen LogP contribution in [0.25, 0.3) is 0 Å². The van der Waals surface area contributed by atoms with Gasteiger partial charge in [-0.2, -0.15) is 0 Å². The topological polar surface area (TPSA) is 15.3 Å². The molecule has 0 aliphatic carbocycles. The summed E-state index contributed by atoms with van der Waals surface area (Å²) in [5.41, 5.74) is 1.64. The van der Waals surface area contributed by atoms with Crippen molar-refractivity contribution in [3.05, 3.63) is 12.2 Å². The van der Waals surface area contributed by atoms with Gasteiger partial charge in [-0.3, -0.25) is 4.90 Å². The summed E-state index contributed by atoms with van der Waals surface area (Å²) in [6.45, 7) is 15.6. The van der Waals surface area contributed by atoms with Gasteiger partial charge in [0.15, 0.2) is 0 Å². The van der Waals surface area contributed by atoms with Crippen LogP contribution < -0.4 is 5.32 Å². The van der Waals surface area contributed by atoms with Crippen molar-refractivity contribution in [3.8, 4) is 0 Å². The fourth-order valence-corrected chi connectivity index (χ4v) is 3.10. The predicted molar refractivity (Wildman–Crippen MR) is 60.3 cm³/mol. The minimum absolute atomic E-state index is 0.354. The van der Waals surface area contributed by atoms with E-state index in [0.29, 0.717) is 5.54 Å². The normalized spacial score (nSPS) is 35.9. The van der Waals surface area contributed by atoms with Gasteiger partial charge < -0.3 is 5.32 Å². The largest absolute Gasteiger partial charge is 0.316 e. The zero-order valence-corrected chi connectivity index (χ0v) is 9.64. The van der Waals surface area contributed by atoms with Crippen molar-refractivity contribution in [2.75, 3.05) is 26.2 Å². The fourth-order valence-electron chi connectivity index (χ4n) is 3.10. The van der Waals surface area contributed by atoms with Crippen molar-refractivity contribution >= 4 is 0 Å². The Hall–Kier alpha value is -0.340. The molecular formula is C12H22N2. The zero-order chi connectivity index (χ0) is 10.3. The second-order valence-corrected chi connectivity index (χ2v) is 5.52. The SMILES string of the molecule is C=C(C)CN1CC2CNCC2C1(C)C. The first kappa shape index (κ1) is 10.2. The molecule has 0 saturated carbocycles. The average molecular weight is 194 g/mol. The van der Waals surface area contributed by atoms with Crippen molar-refractivity contribution in [1.29, 1.82) is 0 Å². The van der Waals surface area contributed by atoms with E-state index in [0.717, 1.165) is 18.4 Å². The number of nitrogens with one attached hydrogen (secondary N) is 1. The third kappa shape index (κ3) is 1.51. The zero-order valence-electron chi connectivity index (χ0n) is 9.64. The van der Waals surface area contributed by atoms with E-state index in [1.54, 1.807) is 0 Å². The van der Waals surface area contributed by atoms with Gasteiger partial charge in [-0.15, -0.1) is 0 Å². The van der Waals surface area contributed by atoms with Gasteiger partial charge in [0.25, 0.3) is 0 Å². The Morgan fingerprint density at radius 2 is 2.21 bits per heavy atom. The molecule has 80 valence electrons. The summed E-state index contributed by atoms with van der Waals surface area (Å²) in [5, 5.41) is 3.50. The van der Waals surface area contributed by atoms with Crippen molar-refractivity contribution in [2.45, 2.75) is 26.3 Å². The lowest BCUT2D eigenvalue weighted by molar-refractivity contribution is 0.152. The molecule has 0 spiro atoms. The Balaban J connectivity index is 2.11. The van der Waals surface area contributed by atoms with E-state index in [1.807, 2.05) is 0 Å². The summed E-state index contributed by atoms with van der Waals surface area (Å²) in [6.07, 6.45) is 0. The van der Waals surface area contributed by atoms with Gasteiger partial charge in [0.1, 0.15) is 0 Å². The van der Waals surface area contributed by atoms with Crippen LogP contribution in [-0.4, -0.2) is 36.6 Å². The van der Waals surface area contributed by atoms with E-state index in [2.05, 4.69) is 37.6 Å². The lowest BCUT2D eigenvalue weighted by Crippen LogP contribution is -2.44. The van der Waals surface area contributed by atoms with Crippen molar-refractivity contribution in [3.63, 3.8) is 0 Å².